The summed E-state index contributed by atoms with van der Waals surface area (Å²) in [5, 5.41) is 6.19. The lowest BCUT2D eigenvalue weighted by atomic mass is 9.96. The Hall–Kier alpha value is -2.33. The van der Waals surface area contributed by atoms with E-state index in [0.29, 0.717) is 17.1 Å². The fraction of sp³-hybridized carbons (Fsp3) is 0.364. The fourth-order valence-corrected chi connectivity index (χ4v) is 3.18. The first-order valence-corrected chi connectivity index (χ1v) is 9.69. The van der Waals surface area contributed by atoms with Crippen LogP contribution in [0.25, 0.3) is 0 Å². The molecule has 1 unspecified atom stereocenters. The average molecular weight is 387 g/mol. The van der Waals surface area contributed by atoms with E-state index in [1.54, 1.807) is 24.3 Å². The Balaban J connectivity index is 2.02. The second-order valence-electron chi connectivity index (χ2n) is 6.94. The van der Waals surface area contributed by atoms with Crippen molar-refractivity contribution in [3.05, 3.63) is 70.7 Å². The number of hydrogen-bond donors (Lipinski definition) is 2. The van der Waals surface area contributed by atoms with Crippen LogP contribution in [-0.2, 0) is 4.79 Å². The van der Waals surface area contributed by atoms with Crippen molar-refractivity contribution < 1.29 is 9.59 Å². The van der Waals surface area contributed by atoms with Crippen LogP contribution in [0.15, 0.2) is 54.6 Å². The maximum Gasteiger partial charge on any atom is 0.253 e. The maximum atomic E-state index is 12.7. The summed E-state index contributed by atoms with van der Waals surface area (Å²) in [5.41, 5.74) is 1.56. The van der Waals surface area contributed by atoms with Gasteiger partial charge in [0.15, 0.2) is 0 Å². The molecule has 0 spiro atoms. The van der Waals surface area contributed by atoms with Crippen LogP contribution >= 0.6 is 11.6 Å². The van der Waals surface area contributed by atoms with Crippen LogP contribution in [0.4, 0.5) is 0 Å². The minimum atomic E-state index is -0.623. The Morgan fingerprint density at radius 2 is 1.63 bits per heavy atom. The molecule has 4 nitrogen and oxygen atoms in total. The number of carbonyl (C=O) groups excluding carboxylic acids is 2. The number of amides is 2. The normalized spacial score (nSPS) is 13.1. The van der Waals surface area contributed by atoms with Gasteiger partial charge >= 0.3 is 0 Å². The number of hydrogen-bond acceptors (Lipinski definition) is 2. The monoisotopic (exact) mass is 386 g/mol. The molecule has 0 fully saturated rings. The molecule has 144 valence electrons. The van der Waals surface area contributed by atoms with Gasteiger partial charge < -0.3 is 10.6 Å². The Morgan fingerprint density at radius 3 is 2.22 bits per heavy atom. The van der Waals surface area contributed by atoms with E-state index in [4.69, 9.17) is 11.6 Å². The van der Waals surface area contributed by atoms with Gasteiger partial charge in [-0.25, -0.2) is 0 Å². The first-order chi connectivity index (χ1) is 12.9. The van der Waals surface area contributed by atoms with Crippen LogP contribution < -0.4 is 10.6 Å². The van der Waals surface area contributed by atoms with Crippen molar-refractivity contribution >= 4 is 23.4 Å². The molecular formula is C22H27ClN2O2. The third-order valence-electron chi connectivity index (χ3n) is 4.64. The van der Waals surface area contributed by atoms with Crippen molar-refractivity contribution in [2.24, 2.45) is 5.92 Å². The third-order valence-corrected chi connectivity index (χ3v) is 4.97. The summed E-state index contributed by atoms with van der Waals surface area (Å²) in [4.78, 5) is 25.3. The quantitative estimate of drug-likeness (QED) is 0.706. The summed E-state index contributed by atoms with van der Waals surface area (Å²) in [6.07, 6.45) is 0.919. The zero-order valence-electron chi connectivity index (χ0n) is 16.0. The third kappa shape index (κ3) is 5.83. The molecule has 27 heavy (non-hydrogen) atoms. The number of nitrogens with one attached hydrogen (secondary N) is 2. The molecule has 0 saturated heterocycles. The lowest BCUT2D eigenvalue weighted by molar-refractivity contribution is -0.124. The van der Waals surface area contributed by atoms with Gasteiger partial charge in [-0.1, -0.05) is 74.8 Å². The van der Waals surface area contributed by atoms with Crippen molar-refractivity contribution in [3.63, 3.8) is 0 Å². The molecule has 2 rings (SSSR count). The maximum absolute atomic E-state index is 12.7. The van der Waals surface area contributed by atoms with Gasteiger partial charge in [-0.05, 0) is 30.0 Å². The smallest absolute Gasteiger partial charge is 0.253 e. The van der Waals surface area contributed by atoms with E-state index < -0.39 is 6.04 Å². The van der Waals surface area contributed by atoms with E-state index in [1.807, 2.05) is 32.0 Å². The van der Waals surface area contributed by atoms with E-state index in [9.17, 15) is 9.59 Å². The second kappa shape index (κ2) is 10.1. The van der Waals surface area contributed by atoms with E-state index >= 15 is 0 Å². The van der Waals surface area contributed by atoms with Gasteiger partial charge in [0.2, 0.25) is 5.91 Å². The Kier molecular flexibility index (Phi) is 7.86. The largest absolute Gasteiger partial charge is 0.354 e. The Morgan fingerprint density at radius 1 is 1.00 bits per heavy atom. The van der Waals surface area contributed by atoms with Crippen molar-refractivity contribution in [3.8, 4) is 0 Å². The van der Waals surface area contributed by atoms with Crippen LogP contribution in [0.5, 0.6) is 0 Å². The summed E-state index contributed by atoms with van der Waals surface area (Å²) < 4.78 is 0. The molecule has 2 atom stereocenters. The molecule has 0 aliphatic rings. The first kappa shape index (κ1) is 21.0. The van der Waals surface area contributed by atoms with E-state index in [-0.39, 0.29) is 23.7 Å². The van der Waals surface area contributed by atoms with Gasteiger partial charge in [0.1, 0.15) is 6.04 Å². The van der Waals surface area contributed by atoms with Gasteiger partial charge in [-0.15, -0.1) is 0 Å². The number of benzene rings is 2. The molecule has 0 aliphatic carbocycles. The van der Waals surface area contributed by atoms with E-state index in [1.165, 1.54) is 5.56 Å². The number of halogens is 1. The lowest BCUT2D eigenvalue weighted by Gasteiger charge is -2.24. The van der Waals surface area contributed by atoms with Crippen LogP contribution in [0.2, 0.25) is 5.02 Å². The van der Waals surface area contributed by atoms with Gasteiger partial charge in [0, 0.05) is 12.5 Å². The molecule has 0 aliphatic heterocycles. The number of carbonyl (C=O) groups is 2. The second-order valence-corrected chi connectivity index (χ2v) is 7.34. The molecule has 5 heteroatoms. The first-order valence-electron chi connectivity index (χ1n) is 9.32. The summed E-state index contributed by atoms with van der Waals surface area (Å²) in [6.45, 7) is 6.45. The minimum Gasteiger partial charge on any atom is -0.354 e. The summed E-state index contributed by atoms with van der Waals surface area (Å²) in [5.74, 6) is -0.334. The highest BCUT2D eigenvalue weighted by atomic mass is 35.5. The zero-order chi connectivity index (χ0) is 19.8. The molecule has 2 amide bonds. The predicted octanol–water partition coefficient (Wildman–Crippen LogP) is 4.40. The highest BCUT2D eigenvalue weighted by molar-refractivity contribution is 6.33. The van der Waals surface area contributed by atoms with Crippen molar-refractivity contribution in [2.45, 2.75) is 39.2 Å². The number of rotatable bonds is 8. The summed E-state index contributed by atoms with van der Waals surface area (Å²) >= 11 is 6.09. The SMILES string of the molecule is CCC(CNC(=O)[C@@H](NC(=O)c1ccccc1Cl)C(C)C)c1ccccc1. The minimum absolute atomic E-state index is 0.0479. The zero-order valence-corrected chi connectivity index (χ0v) is 16.8. The topological polar surface area (TPSA) is 58.2 Å². The molecule has 0 radical (unpaired) electrons. The van der Waals surface area contributed by atoms with Crippen molar-refractivity contribution in [2.75, 3.05) is 6.54 Å². The van der Waals surface area contributed by atoms with Crippen molar-refractivity contribution in [1.82, 2.24) is 10.6 Å². The van der Waals surface area contributed by atoms with E-state index in [0.717, 1.165) is 6.42 Å². The fourth-order valence-electron chi connectivity index (χ4n) is 2.96. The average Bonchev–Trinajstić information content (AvgIpc) is 2.67. The van der Waals surface area contributed by atoms with Gasteiger partial charge in [-0.3, -0.25) is 9.59 Å². The highest BCUT2D eigenvalue weighted by Crippen LogP contribution is 2.18. The molecular weight excluding hydrogens is 360 g/mol. The van der Waals surface area contributed by atoms with Crippen molar-refractivity contribution in [1.29, 1.82) is 0 Å². The van der Waals surface area contributed by atoms with Crippen LogP contribution in [0, 0.1) is 5.92 Å². The molecule has 2 N–H and O–H groups in total. The molecule has 0 bridgehead atoms. The van der Waals surface area contributed by atoms with E-state index in [2.05, 4.69) is 29.7 Å². The molecule has 0 aromatic heterocycles. The van der Waals surface area contributed by atoms with Gasteiger partial charge in [0.05, 0.1) is 10.6 Å². The van der Waals surface area contributed by atoms with Gasteiger partial charge in [-0.2, -0.15) is 0 Å². The van der Waals surface area contributed by atoms with Crippen LogP contribution in [-0.4, -0.2) is 24.4 Å². The molecule has 0 saturated carbocycles. The Bertz CT molecular complexity index is 762. The standard InChI is InChI=1S/C22H27ClN2O2/c1-4-16(17-10-6-5-7-11-17)14-24-22(27)20(15(2)3)25-21(26)18-12-8-9-13-19(18)23/h5-13,15-16,20H,4,14H2,1-3H3,(H,24,27)(H,25,26)/t16?,20-/m0/s1. The molecule has 2 aromatic rings. The Labute approximate surface area is 166 Å². The van der Waals surface area contributed by atoms with Gasteiger partial charge in [0.25, 0.3) is 5.91 Å². The molecule has 2 aromatic carbocycles. The molecule has 0 heterocycles. The highest BCUT2D eigenvalue weighted by Gasteiger charge is 2.25. The van der Waals surface area contributed by atoms with Crippen LogP contribution in [0.3, 0.4) is 0 Å². The van der Waals surface area contributed by atoms with Crippen LogP contribution in [0.1, 0.15) is 49.0 Å². The lowest BCUT2D eigenvalue weighted by Crippen LogP contribution is -2.50. The predicted molar refractivity (Wildman–Crippen MR) is 110 cm³/mol. The summed E-state index contributed by atoms with van der Waals surface area (Å²) in [7, 11) is 0. The summed E-state index contributed by atoms with van der Waals surface area (Å²) in [6, 6.07) is 16.3.